The van der Waals surface area contributed by atoms with Gasteiger partial charge in [0.1, 0.15) is 0 Å². The molecule has 0 saturated heterocycles. The van der Waals surface area contributed by atoms with Crippen LogP contribution in [0.1, 0.15) is 0 Å². The van der Waals surface area contributed by atoms with Gasteiger partial charge in [-0.2, -0.15) is 0 Å². The van der Waals surface area contributed by atoms with Gasteiger partial charge in [0.15, 0.2) is 0 Å². The van der Waals surface area contributed by atoms with Crippen molar-refractivity contribution in [2.24, 2.45) is 4.99 Å². The van der Waals surface area contributed by atoms with Crippen LogP contribution in [0.15, 0.2) is 40.3 Å². The van der Waals surface area contributed by atoms with E-state index < -0.39 is 0 Å². The Morgan fingerprint density at radius 1 is 1.30 bits per heavy atom. The number of rotatable bonds is 0. The molecular formula is C8H7NS. The molecule has 2 heteroatoms. The first-order valence-electron chi connectivity index (χ1n) is 3.19. The molecule has 1 aliphatic carbocycles. The van der Waals surface area contributed by atoms with E-state index in [1.807, 2.05) is 18.2 Å². The minimum atomic E-state index is 0.888. The maximum absolute atomic E-state index is 4.30. The lowest BCUT2D eigenvalue weighted by Gasteiger charge is -1.90. The molecule has 2 aliphatic rings. The summed E-state index contributed by atoms with van der Waals surface area (Å²) in [7, 11) is 0. The molecule has 0 N–H and O–H groups in total. The van der Waals surface area contributed by atoms with Crippen LogP contribution in [0.3, 0.4) is 0 Å². The van der Waals surface area contributed by atoms with Gasteiger partial charge in [0.2, 0.25) is 0 Å². The summed E-state index contributed by atoms with van der Waals surface area (Å²) in [6.45, 7) is 0. The Morgan fingerprint density at radius 2 is 2.30 bits per heavy atom. The fourth-order valence-corrected chi connectivity index (χ4v) is 1.74. The van der Waals surface area contributed by atoms with Crippen LogP contribution < -0.4 is 0 Å². The average molecular weight is 149 g/mol. The lowest BCUT2D eigenvalue weighted by Crippen LogP contribution is -1.86. The van der Waals surface area contributed by atoms with Crippen LogP contribution in [0.2, 0.25) is 0 Å². The second kappa shape index (κ2) is 2.46. The highest BCUT2D eigenvalue weighted by molar-refractivity contribution is 8.04. The molecule has 1 heterocycles. The highest BCUT2D eigenvalue weighted by Crippen LogP contribution is 2.25. The second-order valence-electron chi connectivity index (χ2n) is 2.09. The SMILES string of the molecule is C1=CC=C2SCN=C2C=C1. The van der Waals surface area contributed by atoms with Crippen LogP contribution in [-0.4, -0.2) is 11.6 Å². The van der Waals surface area contributed by atoms with Gasteiger partial charge in [-0.05, 0) is 12.2 Å². The molecule has 0 spiro atoms. The van der Waals surface area contributed by atoms with Crippen molar-refractivity contribution in [1.29, 1.82) is 0 Å². The molecule has 0 amide bonds. The van der Waals surface area contributed by atoms with Crippen molar-refractivity contribution >= 4 is 17.5 Å². The Hall–Kier alpha value is -0.760. The Labute approximate surface area is 64.2 Å². The van der Waals surface area contributed by atoms with Crippen LogP contribution in [-0.2, 0) is 0 Å². The number of allylic oxidation sites excluding steroid dienone is 6. The molecule has 0 saturated carbocycles. The molecule has 1 aliphatic heterocycles. The largest absolute Gasteiger partial charge is 0.273 e. The lowest BCUT2D eigenvalue weighted by molar-refractivity contribution is 1.41. The Kier molecular flexibility index (Phi) is 1.47. The Balaban J connectivity index is 2.42. The average Bonchev–Trinajstić information content (AvgIpc) is 2.28. The van der Waals surface area contributed by atoms with E-state index in [4.69, 9.17) is 0 Å². The fourth-order valence-electron chi connectivity index (χ4n) is 0.945. The first kappa shape index (κ1) is 5.98. The predicted octanol–water partition coefficient (Wildman–Crippen LogP) is 2.14. The van der Waals surface area contributed by atoms with Crippen LogP contribution in [0, 0.1) is 0 Å². The van der Waals surface area contributed by atoms with E-state index >= 15 is 0 Å². The van der Waals surface area contributed by atoms with Gasteiger partial charge in [-0.1, -0.05) is 18.2 Å². The van der Waals surface area contributed by atoms with Crippen molar-refractivity contribution in [3.05, 3.63) is 35.3 Å². The molecule has 0 bridgehead atoms. The van der Waals surface area contributed by atoms with E-state index in [1.165, 1.54) is 4.91 Å². The third kappa shape index (κ3) is 0.948. The number of hydrogen-bond donors (Lipinski definition) is 0. The summed E-state index contributed by atoms with van der Waals surface area (Å²) in [5.74, 6) is 0.888. The molecule has 2 rings (SSSR count). The third-order valence-electron chi connectivity index (χ3n) is 1.43. The van der Waals surface area contributed by atoms with Crippen LogP contribution in [0.4, 0.5) is 0 Å². The minimum Gasteiger partial charge on any atom is -0.273 e. The van der Waals surface area contributed by atoms with Gasteiger partial charge in [0.05, 0.1) is 11.6 Å². The van der Waals surface area contributed by atoms with Gasteiger partial charge in [0.25, 0.3) is 0 Å². The molecule has 0 atom stereocenters. The maximum atomic E-state index is 4.30. The van der Waals surface area contributed by atoms with Gasteiger partial charge >= 0.3 is 0 Å². The number of hydrogen-bond acceptors (Lipinski definition) is 2. The first-order valence-corrected chi connectivity index (χ1v) is 4.18. The fraction of sp³-hybridized carbons (Fsp3) is 0.125. The third-order valence-corrected chi connectivity index (χ3v) is 2.35. The molecule has 0 aromatic heterocycles. The van der Waals surface area contributed by atoms with Crippen molar-refractivity contribution in [3.63, 3.8) is 0 Å². The molecule has 0 radical (unpaired) electrons. The summed E-state index contributed by atoms with van der Waals surface area (Å²) < 4.78 is 0. The summed E-state index contributed by atoms with van der Waals surface area (Å²) in [4.78, 5) is 5.60. The molecular weight excluding hydrogens is 142 g/mol. The highest BCUT2D eigenvalue weighted by Gasteiger charge is 2.10. The molecule has 1 nitrogen and oxygen atoms in total. The van der Waals surface area contributed by atoms with Crippen molar-refractivity contribution in [2.75, 3.05) is 5.88 Å². The van der Waals surface area contributed by atoms with Crippen LogP contribution in [0.25, 0.3) is 0 Å². The molecule has 0 aromatic carbocycles. The Bertz CT molecular complexity index is 258. The van der Waals surface area contributed by atoms with E-state index in [2.05, 4.69) is 17.1 Å². The van der Waals surface area contributed by atoms with Crippen molar-refractivity contribution in [2.45, 2.75) is 0 Å². The van der Waals surface area contributed by atoms with Crippen molar-refractivity contribution in [3.8, 4) is 0 Å². The van der Waals surface area contributed by atoms with E-state index in [-0.39, 0.29) is 0 Å². The summed E-state index contributed by atoms with van der Waals surface area (Å²) in [6, 6.07) is 0. The summed E-state index contributed by atoms with van der Waals surface area (Å²) in [5.41, 5.74) is 1.13. The zero-order chi connectivity index (χ0) is 6.81. The Morgan fingerprint density at radius 3 is 3.30 bits per heavy atom. The number of aliphatic imine (C=N–C) groups is 1. The number of thioether (sulfide) groups is 1. The van der Waals surface area contributed by atoms with E-state index in [0.717, 1.165) is 11.6 Å². The molecule has 0 aromatic rings. The summed E-state index contributed by atoms with van der Waals surface area (Å²) in [5, 5.41) is 0. The zero-order valence-corrected chi connectivity index (χ0v) is 6.27. The summed E-state index contributed by atoms with van der Waals surface area (Å²) >= 11 is 1.79. The van der Waals surface area contributed by atoms with Crippen molar-refractivity contribution in [1.82, 2.24) is 0 Å². The van der Waals surface area contributed by atoms with Gasteiger partial charge in [-0.25, -0.2) is 0 Å². The highest BCUT2D eigenvalue weighted by atomic mass is 32.2. The van der Waals surface area contributed by atoms with Crippen molar-refractivity contribution < 1.29 is 0 Å². The quantitative estimate of drug-likeness (QED) is 0.514. The minimum absolute atomic E-state index is 0.888. The lowest BCUT2D eigenvalue weighted by atomic mass is 10.3. The normalized spacial score (nSPS) is 21.6. The van der Waals surface area contributed by atoms with E-state index in [1.54, 1.807) is 11.8 Å². The second-order valence-corrected chi connectivity index (χ2v) is 3.08. The standard InChI is InChI=1S/C8H7NS/c1-2-4-7-8(5-3-1)10-6-9-7/h1-5H,6H2. The number of nitrogens with zero attached hydrogens (tertiary/aromatic N) is 1. The molecule has 10 heavy (non-hydrogen) atoms. The van der Waals surface area contributed by atoms with Gasteiger partial charge < -0.3 is 0 Å². The molecule has 50 valence electrons. The first-order chi connectivity index (χ1) is 4.97. The number of fused-ring (bicyclic) bond motifs is 1. The topological polar surface area (TPSA) is 12.4 Å². The molecule has 0 fully saturated rings. The van der Waals surface area contributed by atoms with Gasteiger partial charge in [0, 0.05) is 4.91 Å². The monoisotopic (exact) mass is 149 g/mol. The maximum Gasteiger partial charge on any atom is 0.0898 e. The molecule has 0 unspecified atom stereocenters. The summed E-state index contributed by atoms with van der Waals surface area (Å²) in [6.07, 6.45) is 10.3. The van der Waals surface area contributed by atoms with E-state index in [9.17, 15) is 0 Å². The smallest absolute Gasteiger partial charge is 0.0898 e. The van der Waals surface area contributed by atoms with Crippen LogP contribution >= 0.6 is 11.8 Å². The predicted molar refractivity (Wildman–Crippen MR) is 46.3 cm³/mol. The van der Waals surface area contributed by atoms with E-state index in [0.29, 0.717) is 0 Å². The zero-order valence-electron chi connectivity index (χ0n) is 5.45. The van der Waals surface area contributed by atoms with Crippen LogP contribution in [0.5, 0.6) is 0 Å². The van der Waals surface area contributed by atoms with Gasteiger partial charge in [-0.3, -0.25) is 4.99 Å². The van der Waals surface area contributed by atoms with Gasteiger partial charge in [-0.15, -0.1) is 11.8 Å².